The van der Waals surface area contributed by atoms with E-state index in [9.17, 15) is 19.5 Å². The number of H-pyrrole nitrogens is 1. The molecule has 1 aliphatic rings. The summed E-state index contributed by atoms with van der Waals surface area (Å²) >= 11 is 0. The normalized spacial score (nSPS) is 29.4. The molecule has 1 aromatic rings. The summed E-state index contributed by atoms with van der Waals surface area (Å²) in [7, 11) is 2.46. The summed E-state index contributed by atoms with van der Waals surface area (Å²) in [6, 6.07) is 1.12. The third-order valence-electron chi connectivity index (χ3n) is 3.04. The van der Waals surface area contributed by atoms with Crippen molar-refractivity contribution < 1.29 is 24.1 Å². The van der Waals surface area contributed by atoms with Crippen molar-refractivity contribution in [3.05, 3.63) is 33.1 Å². The number of hydrogen-bond donors (Lipinski definition) is 2. The molecule has 20 heavy (non-hydrogen) atoms. The number of carbonyl (C=O) groups is 1. The maximum absolute atomic E-state index is 11.7. The number of aliphatic hydroxyl groups excluding tert-OH is 1. The Morgan fingerprint density at radius 2 is 2.15 bits per heavy atom. The lowest BCUT2D eigenvalue weighted by Gasteiger charge is -2.19. The number of rotatable bonds is 3. The van der Waals surface area contributed by atoms with Crippen LogP contribution in [0.1, 0.15) is 6.23 Å². The topological polar surface area (TPSA) is 120 Å². The number of aromatic amines is 1. The van der Waals surface area contributed by atoms with Crippen molar-refractivity contribution in [3.8, 4) is 0 Å². The maximum atomic E-state index is 11.7. The number of ether oxygens (including phenoxy) is 3. The van der Waals surface area contributed by atoms with Crippen LogP contribution in [0.5, 0.6) is 0 Å². The van der Waals surface area contributed by atoms with Gasteiger partial charge in [-0.1, -0.05) is 0 Å². The van der Waals surface area contributed by atoms with Gasteiger partial charge in [0.15, 0.2) is 12.3 Å². The van der Waals surface area contributed by atoms with Crippen molar-refractivity contribution in [2.24, 2.45) is 0 Å². The lowest BCUT2D eigenvalue weighted by Crippen LogP contribution is -2.39. The number of carbonyl (C=O) groups excluding carboxylic acids is 1. The SMILES string of the molecule is COC(=O)[C@H]1O[C@@H](n2ccc(=O)[nH]c2=O)[C@H](OC)[C@@H]1O. The quantitative estimate of drug-likeness (QED) is 0.615. The van der Waals surface area contributed by atoms with Crippen LogP contribution in [0.4, 0.5) is 0 Å². The van der Waals surface area contributed by atoms with Gasteiger partial charge in [-0.25, -0.2) is 9.59 Å². The molecule has 9 nitrogen and oxygen atoms in total. The van der Waals surface area contributed by atoms with Crippen LogP contribution in [0.25, 0.3) is 0 Å². The molecule has 2 rings (SSSR count). The van der Waals surface area contributed by atoms with Gasteiger partial charge in [-0.2, -0.15) is 0 Å². The summed E-state index contributed by atoms with van der Waals surface area (Å²) in [6.07, 6.45) is -3.37. The zero-order chi connectivity index (χ0) is 14.9. The second kappa shape index (κ2) is 5.57. The van der Waals surface area contributed by atoms with Crippen LogP contribution in [0.2, 0.25) is 0 Å². The first-order valence-corrected chi connectivity index (χ1v) is 5.75. The zero-order valence-corrected chi connectivity index (χ0v) is 10.8. The van der Waals surface area contributed by atoms with Crippen molar-refractivity contribution in [2.75, 3.05) is 14.2 Å². The average molecular weight is 286 g/mol. The Labute approximate surface area is 112 Å². The lowest BCUT2D eigenvalue weighted by molar-refractivity contribution is -0.159. The van der Waals surface area contributed by atoms with Crippen molar-refractivity contribution >= 4 is 5.97 Å². The molecule has 2 heterocycles. The number of hydrogen-bond acceptors (Lipinski definition) is 7. The first kappa shape index (κ1) is 14.4. The second-order valence-corrected chi connectivity index (χ2v) is 4.18. The largest absolute Gasteiger partial charge is 0.467 e. The molecule has 4 atom stereocenters. The predicted molar refractivity (Wildman–Crippen MR) is 64.1 cm³/mol. The van der Waals surface area contributed by atoms with Crippen LogP contribution in [0.15, 0.2) is 21.9 Å². The Morgan fingerprint density at radius 3 is 2.70 bits per heavy atom. The van der Waals surface area contributed by atoms with Crippen LogP contribution in [0, 0.1) is 0 Å². The number of nitrogens with one attached hydrogen (secondary N) is 1. The van der Waals surface area contributed by atoms with Crippen molar-refractivity contribution in [1.82, 2.24) is 9.55 Å². The second-order valence-electron chi connectivity index (χ2n) is 4.18. The molecule has 0 saturated carbocycles. The molecule has 0 aliphatic carbocycles. The van der Waals surface area contributed by atoms with Crippen LogP contribution >= 0.6 is 0 Å². The van der Waals surface area contributed by atoms with Gasteiger partial charge in [-0.15, -0.1) is 0 Å². The highest BCUT2D eigenvalue weighted by atomic mass is 16.6. The van der Waals surface area contributed by atoms with E-state index in [0.29, 0.717) is 0 Å². The van der Waals surface area contributed by atoms with Gasteiger partial charge in [0, 0.05) is 19.4 Å². The minimum absolute atomic E-state index is 0.566. The van der Waals surface area contributed by atoms with E-state index in [-0.39, 0.29) is 0 Å². The van der Waals surface area contributed by atoms with Crippen LogP contribution in [-0.2, 0) is 19.0 Å². The molecule has 1 fully saturated rings. The molecule has 1 saturated heterocycles. The summed E-state index contributed by atoms with van der Waals surface area (Å²) in [5.41, 5.74) is -1.30. The molecule has 2 N–H and O–H groups in total. The fraction of sp³-hybridized carbons (Fsp3) is 0.545. The van der Waals surface area contributed by atoms with Gasteiger partial charge in [0.05, 0.1) is 7.11 Å². The monoisotopic (exact) mass is 286 g/mol. The zero-order valence-electron chi connectivity index (χ0n) is 10.8. The van der Waals surface area contributed by atoms with Gasteiger partial charge in [0.25, 0.3) is 5.56 Å². The van der Waals surface area contributed by atoms with Gasteiger partial charge < -0.3 is 19.3 Å². The number of methoxy groups -OCH3 is 2. The molecule has 0 aromatic carbocycles. The highest BCUT2D eigenvalue weighted by Crippen LogP contribution is 2.30. The highest BCUT2D eigenvalue weighted by Gasteiger charge is 2.49. The van der Waals surface area contributed by atoms with Gasteiger partial charge >= 0.3 is 11.7 Å². The van der Waals surface area contributed by atoms with Gasteiger partial charge in [0.2, 0.25) is 0 Å². The third kappa shape index (κ3) is 2.38. The van der Waals surface area contributed by atoms with E-state index in [2.05, 4.69) is 9.72 Å². The molecule has 0 amide bonds. The Bertz CT molecular complexity index is 607. The smallest absolute Gasteiger partial charge is 0.337 e. The molecule has 1 aliphatic heterocycles. The van der Waals surface area contributed by atoms with Gasteiger partial charge in [-0.05, 0) is 0 Å². The number of esters is 1. The van der Waals surface area contributed by atoms with Gasteiger partial charge in [0.1, 0.15) is 12.2 Å². The van der Waals surface area contributed by atoms with Crippen molar-refractivity contribution in [2.45, 2.75) is 24.5 Å². The molecule has 0 bridgehead atoms. The van der Waals surface area contributed by atoms with Crippen molar-refractivity contribution in [1.29, 1.82) is 0 Å². The van der Waals surface area contributed by atoms with Gasteiger partial charge in [-0.3, -0.25) is 14.3 Å². The molecule has 9 heteroatoms. The van der Waals surface area contributed by atoms with E-state index in [1.54, 1.807) is 0 Å². The molecular weight excluding hydrogens is 272 g/mol. The molecule has 0 radical (unpaired) electrons. The summed E-state index contributed by atoms with van der Waals surface area (Å²) in [4.78, 5) is 36.3. The van der Waals surface area contributed by atoms with E-state index in [1.165, 1.54) is 13.3 Å². The summed E-state index contributed by atoms with van der Waals surface area (Å²) in [6.45, 7) is 0. The van der Waals surface area contributed by atoms with E-state index < -0.39 is 41.8 Å². The number of nitrogens with zero attached hydrogens (tertiary/aromatic N) is 1. The Hall–Kier alpha value is -1.97. The molecule has 1 aromatic heterocycles. The molecule has 0 unspecified atom stereocenters. The number of aliphatic hydroxyl groups is 1. The van der Waals surface area contributed by atoms with E-state index in [0.717, 1.165) is 17.7 Å². The minimum Gasteiger partial charge on any atom is -0.467 e. The van der Waals surface area contributed by atoms with Crippen LogP contribution in [-0.4, -0.2) is 53.2 Å². The summed E-state index contributed by atoms with van der Waals surface area (Å²) in [5.74, 6) is -0.778. The molecule has 0 spiro atoms. The Kier molecular flexibility index (Phi) is 4.02. The summed E-state index contributed by atoms with van der Waals surface area (Å²) in [5, 5.41) is 9.99. The predicted octanol–water partition coefficient (Wildman–Crippen LogP) is -2.02. The summed E-state index contributed by atoms with van der Waals surface area (Å²) < 4.78 is 15.9. The van der Waals surface area contributed by atoms with Crippen LogP contribution in [0.3, 0.4) is 0 Å². The van der Waals surface area contributed by atoms with Crippen LogP contribution < -0.4 is 11.2 Å². The fourth-order valence-electron chi connectivity index (χ4n) is 2.07. The Morgan fingerprint density at radius 1 is 1.45 bits per heavy atom. The standard InChI is InChI=1S/C11H14N2O7/c1-18-7-6(15)8(10(16)19-2)20-9(7)13-4-3-5(14)12-11(13)17/h3-4,6-9,15H,1-2H3,(H,12,14,17)/t6-,7+,8-,9+/m0/s1. The first-order valence-electron chi connectivity index (χ1n) is 5.75. The van der Waals surface area contributed by atoms with Crippen molar-refractivity contribution in [3.63, 3.8) is 0 Å². The van der Waals surface area contributed by atoms with E-state index in [4.69, 9.17) is 9.47 Å². The molecular formula is C11H14N2O7. The first-order chi connectivity index (χ1) is 9.49. The highest BCUT2D eigenvalue weighted by molar-refractivity contribution is 5.75. The van der Waals surface area contributed by atoms with E-state index in [1.807, 2.05) is 0 Å². The average Bonchev–Trinajstić information content (AvgIpc) is 2.74. The Balaban J connectivity index is 2.38. The van der Waals surface area contributed by atoms with E-state index >= 15 is 0 Å². The minimum atomic E-state index is -1.30. The third-order valence-corrected chi connectivity index (χ3v) is 3.04. The molecule has 110 valence electrons. The maximum Gasteiger partial charge on any atom is 0.337 e. The number of aromatic nitrogens is 2. The lowest BCUT2D eigenvalue weighted by atomic mass is 10.1. The fourth-order valence-corrected chi connectivity index (χ4v) is 2.07.